The largest absolute Gasteiger partial charge is 0.352 e. The van der Waals surface area contributed by atoms with Crippen LogP contribution in [-0.2, 0) is 32.6 Å². The third-order valence-electron chi connectivity index (χ3n) is 7.14. The molecule has 0 spiro atoms. The molecule has 0 saturated heterocycles. The van der Waals surface area contributed by atoms with E-state index < -0.39 is 28.5 Å². The summed E-state index contributed by atoms with van der Waals surface area (Å²) in [7, 11) is -3.97. The molecule has 3 aromatic carbocycles. The van der Waals surface area contributed by atoms with Gasteiger partial charge in [0.1, 0.15) is 12.6 Å². The molecule has 42 heavy (non-hydrogen) atoms. The number of carbonyl (C=O) groups excluding carboxylic acids is 2. The molecule has 224 valence electrons. The Morgan fingerprint density at radius 3 is 2.14 bits per heavy atom. The highest BCUT2D eigenvalue weighted by molar-refractivity contribution is 7.92. The van der Waals surface area contributed by atoms with Crippen molar-refractivity contribution in [2.45, 2.75) is 50.7 Å². The Labute approximate surface area is 266 Å². The SMILES string of the molecule is CS(=O)(=O)N(CC(=O)N(Cc1ccc(Cl)cc1Cl)[C@@H](Cc1ccccc1)C(=O)NC1CCCC1)c1cc(Cl)cc(Cl)c1. The third kappa shape index (κ3) is 8.77. The summed E-state index contributed by atoms with van der Waals surface area (Å²) in [5.41, 5.74) is 1.52. The summed E-state index contributed by atoms with van der Waals surface area (Å²) in [5.74, 6) is -0.925. The van der Waals surface area contributed by atoms with E-state index in [1.165, 1.54) is 23.1 Å². The maximum absolute atomic E-state index is 14.2. The van der Waals surface area contributed by atoms with Gasteiger partial charge < -0.3 is 10.2 Å². The van der Waals surface area contributed by atoms with E-state index >= 15 is 0 Å². The Kier molecular flexibility index (Phi) is 11.1. The third-order valence-corrected chi connectivity index (χ3v) is 9.31. The van der Waals surface area contributed by atoms with Crippen molar-refractivity contribution in [3.05, 3.63) is 97.9 Å². The molecular weight excluding hydrogens is 640 g/mol. The summed E-state index contributed by atoms with van der Waals surface area (Å²) in [6, 6.07) is 17.6. The minimum absolute atomic E-state index is 0.00738. The van der Waals surface area contributed by atoms with E-state index in [0.29, 0.717) is 15.6 Å². The van der Waals surface area contributed by atoms with E-state index in [9.17, 15) is 18.0 Å². The lowest BCUT2D eigenvalue weighted by Crippen LogP contribution is -2.54. The molecule has 12 heteroatoms. The maximum Gasteiger partial charge on any atom is 0.244 e. The lowest BCUT2D eigenvalue weighted by atomic mass is 10.0. The van der Waals surface area contributed by atoms with Crippen molar-refractivity contribution in [2.24, 2.45) is 0 Å². The fourth-order valence-electron chi connectivity index (χ4n) is 5.05. The van der Waals surface area contributed by atoms with Crippen molar-refractivity contribution >= 4 is 73.9 Å². The first-order valence-electron chi connectivity index (χ1n) is 13.4. The molecule has 0 radical (unpaired) electrons. The quantitative estimate of drug-likeness (QED) is 0.244. The molecule has 1 fully saturated rings. The standard InChI is InChI=1S/C30H31Cl4N3O4S/c1-42(40,41)37(26-15-23(32)14-24(33)16-26)19-29(38)36(18-21-11-12-22(31)17-27(21)34)28(13-20-7-3-2-4-8-20)30(39)35-25-9-5-6-10-25/h2-4,7-8,11-12,14-17,25,28H,5-6,9-10,13,18-19H2,1H3,(H,35,39)/t28-/m0/s1. The van der Waals surface area contributed by atoms with Gasteiger partial charge in [0.15, 0.2) is 0 Å². The van der Waals surface area contributed by atoms with Gasteiger partial charge in [-0.1, -0.05) is 95.6 Å². The van der Waals surface area contributed by atoms with Crippen molar-refractivity contribution in [3.8, 4) is 0 Å². The summed E-state index contributed by atoms with van der Waals surface area (Å²) < 4.78 is 26.8. The monoisotopic (exact) mass is 669 g/mol. The van der Waals surface area contributed by atoms with E-state index in [4.69, 9.17) is 46.4 Å². The van der Waals surface area contributed by atoms with Gasteiger partial charge in [0, 0.05) is 39.1 Å². The number of nitrogens with zero attached hydrogens (tertiary/aromatic N) is 2. The fourth-order valence-corrected chi connectivity index (χ4v) is 6.87. The highest BCUT2D eigenvalue weighted by Crippen LogP contribution is 2.29. The van der Waals surface area contributed by atoms with Crippen LogP contribution in [0, 0.1) is 0 Å². The second-order valence-electron chi connectivity index (χ2n) is 10.4. The number of hydrogen-bond donors (Lipinski definition) is 1. The molecule has 1 aliphatic carbocycles. The molecule has 1 atom stereocenters. The van der Waals surface area contributed by atoms with Gasteiger partial charge in [0.05, 0.1) is 11.9 Å². The first-order chi connectivity index (χ1) is 19.9. The van der Waals surface area contributed by atoms with Gasteiger partial charge in [-0.2, -0.15) is 0 Å². The van der Waals surface area contributed by atoms with Crippen LogP contribution in [0.1, 0.15) is 36.8 Å². The van der Waals surface area contributed by atoms with Crippen LogP contribution < -0.4 is 9.62 Å². The second kappa shape index (κ2) is 14.3. The fraction of sp³-hybridized carbons (Fsp3) is 0.333. The second-order valence-corrected chi connectivity index (χ2v) is 14.0. The average Bonchev–Trinajstić information content (AvgIpc) is 3.42. The molecule has 0 unspecified atom stereocenters. The van der Waals surface area contributed by atoms with Crippen molar-refractivity contribution in [1.82, 2.24) is 10.2 Å². The molecule has 3 aromatic rings. The summed E-state index contributed by atoms with van der Waals surface area (Å²) >= 11 is 25.0. The Hall–Kier alpha value is -2.49. The number of hydrogen-bond acceptors (Lipinski definition) is 4. The average molecular weight is 671 g/mol. The summed E-state index contributed by atoms with van der Waals surface area (Å²) in [5, 5.41) is 4.27. The minimum atomic E-state index is -3.97. The zero-order valence-electron chi connectivity index (χ0n) is 22.9. The molecule has 2 amide bonds. The zero-order valence-corrected chi connectivity index (χ0v) is 26.7. The van der Waals surface area contributed by atoms with Crippen LogP contribution in [0.15, 0.2) is 66.7 Å². The van der Waals surface area contributed by atoms with Gasteiger partial charge in [0.2, 0.25) is 21.8 Å². The number of halogens is 4. The highest BCUT2D eigenvalue weighted by Gasteiger charge is 2.34. The highest BCUT2D eigenvalue weighted by atomic mass is 35.5. The predicted molar refractivity (Wildman–Crippen MR) is 170 cm³/mol. The Balaban J connectivity index is 1.76. The summed E-state index contributed by atoms with van der Waals surface area (Å²) in [6.07, 6.45) is 4.95. The van der Waals surface area contributed by atoms with Gasteiger partial charge in [-0.15, -0.1) is 0 Å². The summed E-state index contributed by atoms with van der Waals surface area (Å²) in [6.45, 7) is -0.652. The number of rotatable bonds is 11. The van der Waals surface area contributed by atoms with Crippen LogP contribution in [-0.4, -0.2) is 50.0 Å². The minimum Gasteiger partial charge on any atom is -0.352 e. The van der Waals surface area contributed by atoms with Crippen LogP contribution in [0.25, 0.3) is 0 Å². The Bertz CT molecular complexity index is 1510. The molecule has 1 saturated carbocycles. The van der Waals surface area contributed by atoms with E-state index in [2.05, 4.69) is 5.32 Å². The van der Waals surface area contributed by atoms with Gasteiger partial charge in [-0.3, -0.25) is 13.9 Å². The molecule has 1 aliphatic rings. The first-order valence-corrected chi connectivity index (χ1v) is 16.8. The molecule has 7 nitrogen and oxygen atoms in total. The molecular formula is C30H31Cl4N3O4S. The van der Waals surface area contributed by atoms with Gasteiger partial charge in [-0.25, -0.2) is 8.42 Å². The molecule has 0 aliphatic heterocycles. The van der Waals surface area contributed by atoms with Crippen LogP contribution in [0.5, 0.6) is 0 Å². The van der Waals surface area contributed by atoms with Crippen LogP contribution in [0.4, 0.5) is 5.69 Å². The Morgan fingerprint density at radius 2 is 1.55 bits per heavy atom. The number of carbonyl (C=O) groups is 2. The van der Waals surface area contributed by atoms with Crippen molar-refractivity contribution in [1.29, 1.82) is 0 Å². The first kappa shape index (κ1) is 32.4. The van der Waals surface area contributed by atoms with Crippen molar-refractivity contribution in [3.63, 3.8) is 0 Å². The van der Waals surface area contributed by atoms with Gasteiger partial charge >= 0.3 is 0 Å². The van der Waals surface area contributed by atoms with E-state index in [1.807, 2.05) is 30.3 Å². The molecule has 1 N–H and O–H groups in total. The van der Waals surface area contributed by atoms with Crippen LogP contribution in [0.3, 0.4) is 0 Å². The number of benzene rings is 3. The van der Waals surface area contributed by atoms with E-state index in [-0.39, 0.29) is 40.6 Å². The summed E-state index contributed by atoms with van der Waals surface area (Å²) in [4.78, 5) is 29.5. The van der Waals surface area contributed by atoms with Crippen molar-refractivity contribution in [2.75, 3.05) is 17.1 Å². The number of sulfonamides is 1. The number of anilines is 1. The Morgan fingerprint density at radius 1 is 0.905 bits per heavy atom. The molecule has 0 bridgehead atoms. The topological polar surface area (TPSA) is 86.8 Å². The smallest absolute Gasteiger partial charge is 0.244 e. The lowest BCUT2D eigenvalue weighted by molar-refractivity contribution is -0.140. The molecule has 4 rings (SSSR count). The predicted octanol–water partition coefficient (Wildman–Crippen LogP) is 6.77. The van der Waals surface area contributed by atoms with Crippen LogP contribution in [0.2, 0.25) is 20.1 Å². The number of nitrogens with one attached hydrogen (secondary N) is 1. The zero-order chi connectivity index (χ0) is 30.4. The normalized spacial score (nSPS) is 14.4. The number of amides is 2. The van der Waals surface area contributed by atoms with E-state index in [1.54, 1.807) is 18.2 Å². The van der Waals surface area contributed by atoms with Gasteiger partial charge in [-0.05, 0) is 54.3 Å². The van der Waals surface area contributed by atoms with E-state index in [0.717, 1.165) is 41.8 Å². The van der Waals surface area contributed by atoms with Crippen LogP contribution >= 0.6 is 46.4 Å². The maximum atomic E-state index is 14.2. The molecule has 0 heterocycles. The molecule has 0 aromatic heterocycles. The lowest BCUT2D eigenvalue weighted by Gasteiger charge is -2.34. The van der Waals surface area contributed by atoms with Crippen molar-refractivity contribution < 1.29 is 18.0 Å². The van der Waals surface area contributed by atoms with Gasteiger partial charge in [0.25, 0.3) is 0 Å².